The van der Waals surface area contributed by atoms with Gasteiger partial charge in [-0.05, 0) is 42.0 Å². The van der Waals surface area contributed by atoms with Gasteiger partial charge in [0.05, 0.1) is 35.6 Å². The molecule has 0 radical (unpaired) electrons. The van der Waals surface area contributed by atoms with Crippen molar-refractivity contribution in [2.75, 3.05) is 18.2 Å². The van der Waals surface area contributed by atoms with Gasteiger partial charge in [-0.15, -0.1) is 0 Å². The summed E-state index contributed by atoms with van der Waals surface area (Å²) in [4.78, 5) is 7.90. The van der Waals surface area contributed by atoms with E-state index in [0.717, 1.165) is 0 Å². The summed E-state index contributed by atoms with van der Waals surface area (Å²) in [5.41, 5.74) is 9.38. The van der Waals surface area contributed by atoms with Gasteiger partial charge in [0.15, 0.2) is 0 Å². The first kappa shape index (κ1) is 21.2. The van der Waals surface area contributed by atoms with Gasteiger partial charge >= 0.3 is 0 Å². The number of methoxy groups -OCH3 is 1. The Hall–Kier alpha value is -4.02. The lowest BCUT2D eigenvalue weighted by molar-refractivity contribution is 0.306. The molecule has 0 fully saturated rings. The minimum Gasteiger partial charge on any atom is -0.495 e. The molecule has 3 aromatic carbocycles. The Morgan fingerprint density at radius 3 is 2.72 bits per heavy atom. The van der Waals surface area contributed by atoms with Crippen molar-refractivity contribution in [2.24, 2.45) is 0 Å². The molecule has 0 saturated heterocycles. The van der Waals surface area contributed by atoms with Crippen molar-refractivity contribution in [2.45, 2.75) is 6.61 Å². The molecular formula is C24H18ClFN4O2. The van der Waals surface area contributed by atoms with Crippen LogP contribution >= 0.6 is 11.6 Å². The minimum absolute atomic E-state index is 0.183. The second-order valence-corrected chi connectivity index (χ2v) is 7.34. The van der Waals surface area contributed by atoms with E-state index in [9.17, 15) is 4.39 Å². The Morgan fingerprint density at radius 1 is 1.16 bits per heavy atom. The van der Waals surface area contributed by atoms with Crippen molar-refractivity contribution in [3.63, 3.8) is 0 Å². The first-order chi connectivity index (χ1) is 15.5. The number of halogens is 2. The normalized spacial score (nSPS) is 10.6. The predicted octanol–water partition coefficient (Wildman–Crippen LogP) is 6.49. The second kappa shape index (κ2) is 9.00. The topological polar surface area (TPSA) is 73.8 Å². The number of aromatic nitrogens is 1. The van der Waals surface area contributed by atoms with Crippen molar-refractivity contribution in [1.29, 1.82) is 0 Å². The van der Waals surface area contributed by atoms with Gasteiger partial charge in [-0.1, -0.05) is 23.7 Å². The molecule has 0 aliphatic carbocycles. The molecule has 0 bridgehead atoms. The number of nitrogens with two attached hydrogens (primary N) is 1. The van der Waals surface area contributed by atoms with Crippen molar-refractivity contribution in [1.82, 2.24) is 4.98 Å². The molecule has 1 aromatic heterocycles. The zero-order valence-electron chi connectivity index (χ0n) is 17.0. The van der Waals surface area contributed by atoms with Gasteiger partial charge in [-0.3, -0.25) is 4.98 Å². The fourth-order valence-electron chi connectivity index (χ4n) is 3.25. The van der Waals surface area contributed by atoms with E-state index in [0.29, 0.717) is 55.7 Å². The highest BCUT2D eigenvalue weighted by Gasteiger charge is 2.13. The molecular weight excluding hydrogens is 431 g/mol. The third kappa shape index (κ3) is 4.36. The molecule has 0 saturated carbocycles. The van der Waals surface area contributed by atoms with Crippen LogP contribution in [-0.4, -0.2) is 12.1 Å². The molecule has 32 heavy (non-hydrogen) atoms. The summed E-state index contributed by atoms with van der Waals surface area (Å²) in [6.07, 6.45) is 1.49. The van der Waals surface area contributed by atoms with Crippen LogP contribution in [0.25, 0.3) is 15.7 Å². The third-order valence-corrected chi connectivity index (χ3v) is 5.10. The van der Waals surface area contributed by atoms with Gasteiger partial charge in [0.2, 0.25) is 5.69 Å². The van der Waals surface area contributed by atoms with E-state index in [1.54, 1.807) is 42.5 Å². The molecule has 1 heterocycles. The summed E-state index contributed by atoms with van der Waals surface area (Å²) in [6.45, 7) is 7.68. The highest BCUT2D eigenvalue weighted by atomic mass is 35.5. The fourth-order valence-corrected chi connectivity index (χ4v) is 3.48. The Kier molecular flexibility index (Phi) is 5.97. The molecule has 6 nitrogen and oxygen atoms in total. The minimum atomic E-state index is -0.324. The van der Waals surface area contributed by atoms with E-state index in [1.165, 1.54) is 25.4 Å². The largest absolute Gasteiger partial charge is 0.495 e. The van der Waals surface area contributed by atoms with Gasteiger partial charge in [0.1, 0.15) is 23.9 Å². The molecule has 0 aliphatic rings. The summed E-state index contributed by atoms with van der Waals surface area (Å²) < 4.78 is 24.3. The maximum Gasteiger partial charge on any atom is 0.228 e. The van der Waals surface area contributed by atoms with E-state index in [2.05, 4.69) is 15.1 Å². The molecule has 4 aromatic rings. The smallest absolute Gasteiger partial charge is 0.228 e. The number of rotatable bonds is 6. The van der Waals surface area contributed by atoms with Crippen LogP contribution < -0.4 is 20.5 Å². The number of anilines is 3. The molecule has 160 valence electrons. The summed E-state index contributed by atoms with van der Waals surface area (Å²) in [5.74, 6) is 0.644. The zero-order chi connectivity index (χ0) is 22.7. The Morgan fingerprint density at radius 2 is 2.00 bits per heavy atom. The molecule has 0 atom stereocenters. The van der Waals surface area contributed by atoms with Gasteiger partial charge in [-0.2, -0.15) is 0 Å². The molecule has 0 spiro atoms. The van der Waals surface area contributed by atoms with Crippen LogP contribution in [0.4, 0.5) is 27.1 Å². The third-order valence-electron chi connectivity index (χ3n) is 4.80. The van der Waals surface area contributed by atoms with Crippen LogP contribution in [0.5, 0.6) is 11.5 Å². The number of hydrogen-bond acceptors (Lipinski definition) is 5. The van der Waals surface area contributed by atoms with Crippen molar-refractivity contribution in [3.8, 4) is 11.5 Å². The average molecular weight is 449 g/mol. The Balaban J connectivity index is 1.62. The van der Waals surface area contributed by atoms with Crippen molar-refractivity contribution in [3.05, 3.63) is 88.6 Å². The summed E-state index contributed by atoms with van der Waals surface area (Å²) >= 11 is 6.40. The van der Waals surface area contributed by atoms with Crippen LogP contribution in [0.15, 0.2) is 60.8 Å². The number of nitrogen functional groups attached to an aromatic ring is 1. The fraction of sp³-hybridized carbons (Fsp3) is 0.0833. The lowest BCUT2D eigenvalue weighted by Crippen LogP contribution is -1.98. The van der Waals surface area contributed by atoms with Gasteiger partial charge in [0, 0.05) is 23.3 Å². The summed E-state index contributed by atoms with van der Waals surface area (Å²) in [7, 11) is 1.53. The zero-order valence-corrected chi connectivity index (χ0v) is 17.8. The van der Waals surface area contributed by atoms with Crippen LogP contribution in [0.3, 0.4) is 0 Å². The molecule has 3 N–H and O–H groups in total. The number of benzene rings is 3. The quantitative estimate of drug-likeness (QED) is 0.260. The first-order valence-corrected chi connectivity index (χ1v) is 9.94. The number of nitrogens with one attached hydrogen (secondary N) is 1. The van der Waals surface area contributed by atoms with Gasteiger partial charge in [0.25, 0.3) is 0 Å². The molecule has 8 heteroatoms. The predicted molar refractivity (Wildman–Crippen MR) is 124 cm³/mol. The first-order valence-electron chi connectivity index (χ1n) is 9.56. The highest BCUT2D eigenvalue weighted by Crippen LogP contribution is 2.39. The lowest BCUT2D eigenvalue weighted by Gasteiger charge is -2.15. The van der Waals surface area contributed by atoms with E-state index >= 15 is 0 Å². The van der Waals surface area contributed by atoms with Crippen LogP contribution in [0.1, 0.15) is 5.56 Å². The Bertz CT molecular complexity index is 1350. The number of fused-ring (bicyclic) bond motifs is 1. The van der Waals surface area contributed by atoms with Gasteiger partial charge < -0.3 is 20.5 Å². The standard InChI is InChI=1S/C24H18ClFN4O2/c1-28-21-12-29-20-11-23(31-2)19(27)10-17(20)24(21)30-16-6-7-22(18(25)9-16)32-13-14-4-3-5-15(26)8-14/h3-12H,13,27H2,2H3,(H,29,30). The van der Waals surface area contributed by atoms with E-state index < -0.39 is 0 Å². The van der Waals surface area contributed by atoms with Gasteiger partial charge in [-0.25, -0.2) is 9.24 Å². The highest BCUT2D eigenvalue weighted by molar-refractivity contribution is 6.32. The van der Waals surface area contributed by atoms with Crippen molar-refractivity contribution < 1.29 is 13.9 Å². The molecule has 0 amide bonds. The SMILES string of the molecule is [C-]#[N+]c1cnc2cc(OC)c(N)cc2c1Nc1ccc(OCc2cccc(F)c2)c(Cl)c1. The van der Waals surface area contributed by atoms with Crippen LogP contribution in [0, 0.1) is 12.4 Å². The summed E-state index contributed by atoms with van der Waals surface area (Å²) in [5, 5.41) is 4.29. The number of hydrogen-bond donors (Lipinski definition) is 2. The number of nitrogens with zero attached hydrogens (tertiary/aromatic N) is 2. The summed E-state index contributed by atoms with van der Waals surface area (Å²) in [6, 6.07) is 14.8. The molecule has 4 rings (SSSR count). The Labute approximate surface area is 189 Å². The van der Waals surface area contributed by atoms with E-state index in [1.807, 2.05) is 0 Å². The molecule has 0 aliphatic heterocycles. The van der Waals surface area contributed by atoms with Crippen molar-refractivity contribution >= 4 is 45.3 Å². The van der Waals surface area contributed by atoms with E-state index in [4.69, 9.17) is 33.4 Å². The monoisotopic (exact) mass is 448 g/mol. The maximum absolute atomic E-state index is 13.3. The van der Waals surface area contributed by atoms with Crippen LogP contribution in [-0.2, 0) is 6.61 Å². The van der Waals surface area contributed by atoms with E-state index in [-0.39, 0.29) is 12.4 Å². The van der Waals surface area contributed by atoms with Crippen LogP contribution in [0.2, 0.25) is 5.02 Å². The average Bonchev–Trinajstić information content (AvgIpc) is 2.78. The number of ether oxygens (including phenoxy) is 2. The molecule has 0 unspecified atom stereocenters. The maximum atomic E-state index is 13.3. The lowest BCUT2D eigenvalue weighted by atomic mass is 10.1. The second-order valence-electron chi connectivity index (χ2n) is 6.93. The number of pyridine rings is 1.